The molecule has 0 saturated carbocycles. The number of rotatable bonds is 3. The molecule has 4 heteroatoms. The summed E-state index contributed by atoms with van der Waals surface area (Å²) in [7, 11) is 1.47. The summed E-state index contributed by atoms with van der Waals surface area (Å²) in [5, 5.41) is 12.1. The van der Waals surface area contributed by atoms with E-state index in [1.807, 2.05) is 6.92 Å². The number of hydrogen-bond acceptors (Lipinski definition) is 3. The van der Waals surface area contributed by atoms with E-state index >= 15 is 0 Å². The average Bonchev–Trinajstić information content (AvgIpc) is 2.14. The molecule has 0 atom stereocenters. The number of aromatic hydroxyl groups is 1. The first-order valence-corrected chi connectivity index (χ1v) is 4.63. The maximum absolute atomic E-state index is 11.3. The van der Waals surface area contributed by atoms with Gasteiger partial charge in [0, 0.05) is 12.8 Å². The smallest absolute Gasteiger partial charge is 0.250 e. The molecule has 0 radical (unpaired) electrons. The fraction of sp³-hybridized carbons (Fsp3) is 0.364. The molecular weight excluding hydrogens is 194 g/mol. The second-order valence-corrected chi connectivity index (χ2v) is 3.43. The molecule has 15 heavy (non-hydrogen) atoms. The maximum Gasteiger partial charge on any atom is 0.250 e. The molecule has 1 aromatic carbocycles. The van der Waals surface area contributed by atoms with E-state index in [-0.39, 0.29) is 18.3 Å². The summed E-state index contributed by atoms with van der Waals surface area (Å²) >= 11 is 0. The summed E-state index contributed by atoms with van der Waals surface area (Å²) in [6.07, 6.45) is 0. The standard InChI is InChI=1S/C11H15NO3/c1-7-5-10(13)8(2)4-9(7)12-11(14)6-15-3/h4-5,13H,6H2,1-3H3,(H,12,14). The number of amides is 1. The summed E-state index contributed by atoms with van der Waals surface area (Å²) < 4.78 is 4.71. The molecule has 0 aliphatic rings. The Labute approximate surface area is 88.9 Å². The molecule has 0 aliphatic carbocycles. The molecule has 0 bridgehead atoms. The van der Waals surface area contributed by atoms with Gasteiger partial charge in [0.05, 0.1) is 0 Å². The van der Waals surface area contributed by atoms with Gasteiger partial charge in [-0.1, -0.05) is 0 Å². The van der Waals surface area contributed by atoms with Crippen molar-refractivity contribution >= 4 is 11.6 Å². The van der Waals surface area contributed by atoms with Crippen LogP contribution in [-0.2, 0) is 9.53 Å². The first kappa shape index (κ1) is 11.5. The molecule has 1 amide bonds. The molecule has 82 valence electrons. The summed E-state index contributed by atoms with van der Waals surface area (Å²) in [5.74, 6) is 0.0305. The zero-order valence-electron chi connectivity index (χ0n) is 9.13. The third-order valence-corrected chi connectivity index (χ3v) is 2.09. The predicted molar refractivity (Wildman–Crippen MR) is 58.1 cm³/mol. The van der Waals surface area contributed by atoms with Gasteiger partial charge in [0.2, 0.25) is 5.91 Å². The number of anilines is 1. The third kappa shape index (κ3) is 2.95. The molecule has 1 rings (SSSR count). The molecule has 0 aliphatic heterocycles. The van der Waals surface area contributed by atoms with Gasteiger partial charge >= 0.3 is 0 Å². The van der Waals surface area contributed by atoms with Crippen LogP contribution in [0.1, 0.15) is 11.1 Å². The van der Waals surface area contributed by atoms with Crippen LogP contribution in [0, 0.1) is 13.8 Å². The summed E-state index contributed by atoms with van der Waals surface area (Å²) in [6.45, 7) is 3.63. The van der Waals surface area contributed by atoms with Crippen molar-refractivity contribution in [2.24, 2.45) is 0 Å². The SMILES string of the molecule is COCC(=O)Nc1cc(C)c(O)cc1C. The summed E-state index contributed by atoms with van der Waals surface area (Å²) in [4.78, 5) is 11.3. The number of carbonyl (C=O) groups is 1. The van der Waals surface area contributed by atoms with E-state index in [0.29, 0.717) is 5.69 Å². The van der Waals surface area contributed by atoms with Crippen LogP contribution in [0.2, 0.25) is 0 Å². The van der Waals surface area contributed by atoms with Crippen LogP contribution >= 0.6 is 0 Å². The van der Waals surface area contributed by atoms with E-state index in [9.17, 15) is 9.90 Å². The summed E-state index contributed by atoms with van der Waals surface area (Å²) in [6, 6.07) is 3.36. The van der Waals surface area contributed by atoms with Crippen LogP contribution in [0.4, 0.5) is 5.69 Å². The molecule has 1 aromatic rings. The zero-order valence-corrected chi connectivity index (χ0v) is 9.13. The molecule has 0 heterocycles. The number of methoxy groups -OCH3 is 1. The Kier molecular flexibility index (Phi) is 3.68. The van der Waals surface area contributed by atoms with Crippen LogP contribution in [0.15, 0.2) is 12.1 Å². The van der Waals surface area contributed by atoms with Gasteiger partial charge in [0.15, 0.2) is 0 Å². The van der Waals surface area contributed by atoms with Crippen molar-refractivity contribution in [3.05, 3.63) is 23.3 Å². The first-order valence-electron chi connectivity index (χ1n) is 4.63. The second kappa shape index (κ2) is 4.79. The van der Waals surface area contributed by atoms with E-state index in [2.05, 4.69) is 5.32 Å². The highest BCUT2D eigenvalue weighted by Gasteiger charge is 2.06. The van der Waals surface area contributed by atoms with Gasteiger partial charge in [-0.15, -0.1) is 0 Å². The van der Waals surface area contributed by atoms with Crippen molar-refractivity contribution in [3.8, 4) is 5.75 Å². The number of phenolic OH excluding ortho intramolecular Hbond substituents is 1. The van der Waals surface area contributed by atoms with Crippen LogP contribution in [0.25, 0.3) is 0 Å². The largest absolute Gasteiger partial charge is 0.508 e. The highest BCUT2D eigenvalue weighted by atomic mass is 16.5. The molecule has 0 fully saturated rings. The molecule has 0 unspecified atom stereocenters. The molecule has 0 aromatic heterocycles. The van der Waals surface area contributed by atoms with Gasteiger partial charge in [-0.3, -0.25) is 4.79 Å². The van der Waals surface area contributed by atoms with Gasteiger partial charge in [-0.05, 0) is 37.1 Å². The van der Waals surface area contributed by atoms with Crippen molar-refractivity contribution in [1.82, 2.24) is 0 Å². The zero-order chi connectivity index (χ0) is 11.4. The van der Waals surface area contributed by atoms with Gasteiger partial charge in [-0.25, -0.2) is 0 Å². The fourth-order valence-corrected chi connectivity index (χ4v) is 1.25. The van der Waals surface area contributed by atoms with Crippen molar-refractivity contribution in [2.75, 3.05) is 19.0 Å². The van der Waals surface area contributed by atoms with Gasteiger partial charge in [0.25, 0.3) is 0 Å². The molecule has 0 spiro atoms. The van der Waals surface area contributed by atoms with Crippen LogP contribution in [-0.4, -0.2) is 24.7 Å². The van der Waals surface area contributed by atoms with E-state index in [4.69, 9.17) is 4.74 Å². The second-order valence-electron chi connectivity index (χ2n) is 3.43. The molecule has 2 N–H and O–H groups in total. The number of ether oxygens (including phenoxy) is 1. The van der Waals surface area contributed by atoms with Crippen molar-refractivity contribution in [3.63, 3.8) is 0 Å². The Hall–Kier alpha value is -1.55. The lowest BCUT2D eigenvalue weighted by Crippen LogP contribution is -2.17. The average molecular weight is 209 g/mol. The Bertz CT molecular complexity index is 374. The predicted octanol–water partition coefficient (Wildman–Crippen LogP) is 1.59. The van der Waals surface area contributed by atoms with Crippen molar-refractivity contribution < 1.29 is 14.6 Å². The molecule has 0 saturated heterocycles. The third-order valence-electron chi connectivity index (χ3n) is 2.09. The number of carbonyl (C=O) groups excluding carboxylic acids is 1. The van der Waals surface area contributed by atoms with Crippen LogP contribution in [0.5, 0.6) is 5.75 Å². The highest BCUT2D eigenvalue weighted by Crippen LogP contribution is 2.24. The fourth-order valence-electron chi connectivity index (χ4n) is 1.25. The number of hydrogen-bond donors (Lipinski definition) is 2. The molecular formula is C11H15NO3. The Balaban J connectivity index is 2.86. The Morgan fingerprint density at radius 1 is 1.40 bits per heavy atom. The van der Waals surface area contributed by atoms with Gasteiger partial charge in [0.1, 0.15) is 12.4 Å². The number of nitrogens with one attached hydrogen (secondary N) is 1. The topological polar surface area (TPSA) is 58.6 Å². The normalized spacial score (nSPS) is 10.1. The van der Waals surface area contributed by atoms with Crippen LogP contribution in [0.3, 0.4) is 0 Å². The van der Waals surface area contributed by atoms with E-state index < -0.39 is 0 Å². The summed E-state index contributed by atoms with van der Waals surface area (Å²) in [5.41, 5.74) is 2.25. The number of phenols is 1. The minimum Gasteiger partial charge on any atom is -0.508 e. The Morgan fingerprint density at radius 3 is 2.67 bits per heavy atom. The number of benzene rings is 1. The Morgan fingerprint density at radius 2 is 2.07 bits per heavy atom. The number of aryl methyl sites for hydroxylation is 2. The van der Waals surface area contributed by atoms with E-state index in [1.165, 1.54) is 7.11 Å². The van der Waals surface area contributed by atoms with Gasteiger partial charge < -0.3 is 15.2 Å². The quantitative estimate of drug-likeness (QED) is 0.743. The van der Waals surface area contributed by atoms with E-state index in [0.717, 1.165) is 11.1 Å². The van der Waals surface area contributed by atoms with Crippen molar-refractivity contribution in [1.29, 1.82) is 0 Å². The monoisotopic (exact) mass is 209 g/mol. The lowest BCUT2D eigenvalue weighted by atomic mass is 10.1. The minimum absolute atomic E-state index is 0.0271. The van der Waals surface area contributed by atoms with E-state index in [1.54, 1.807) is 19.1 Å². The van der Waals surface area contributed by atoms with Crippen molar-refractivity contribution in [2.45, 2.75) is 13.8 Å². The first-order chi connectivity index (χ1) is 7.04. The van der Waals surface area contributed by atoms with Gasteiger partial charge in [-0.2, -0.15) is 0 Å². The molecule has 4 nitrogen and oxygen atoms in total. The maximum atomic E-state index is 11.3. The lowest BCUT2D eigenvalue weighted by Gasteiger charge is -2.10. The van der Waals surface area contributed by atoms with Crippen LogP contribution < -0.4 is 5.32 Å². The highest BCUT2D eigenvalue weighted by molar-refractivity contribution is 5.92. The lowest BCUT2D eigenvalue weighted by molar-refractivity contribution is -0.119. The minimum atomic E-state index is -0.203.